The number of amides is 1. The summed E-state index contributed by atoms with van der Waals surface area (Å²) < 4.78 is 33.3. The van der Waals surface area contributed by atoms with E-state index in [1.54, 1.807) is 0 Å². The van der Waals surface area contributed by atoms with Gasteiger partial charge in [0.1, 0.15) is 22.9 Å². The number of aliphatic hydroxyl groups is 1. The summed E-state index contributed by atoms with van der Waals surface area (Å²) in [4.78, 5) is 16.5. The van der Waals surface area contributed by atoms with E-state index >= 15 is 0 Å². The lowest BCUT2D eigenvalue weighted by Gasteiger charge is -2.30. The zero-order valence-electron chi connectivity index (χ0n) is 15.1. The fraction of sp³-hybridized carbons (Fsp3) is 0.632. The molecule has 0 unspecified atom stereocenters. The number of hydrogen-bond acceptors (Lipinski definition) is 4. The number of aliphatic hydroxyl groups excluding tert-OH is 1. The summed E-state index contributed by atoms with van der Waals surface area (Å²) in [5, 5.41) is 9.69. The number of nitrogens with zero attached hydrogens (tertiary/aromatic N) is 2. The van der Waals surface area contributed by atoms with Gasteiger partial charge in [-0.15, -0.1) is 0 Å². The zero-order chi connectivity index (χ0) is 18.7. The minimum Gasteiger partial charge on any atom is -0.497 e. The number of ether oxygens (including phenoxy) is 1. The van der Waals surface area contributed by atoms with Crippen molar-refractivity contribution >= 4 is 5.91 Å². The van der Waals surface area contributed by atoms with E-state index in [1.807, 2.05) is 0 Å². The topological polar surface area (TPSA) is 53.0 Å². The normalized spacial score (nSPS) is 24.1. The molecule has 26 heavy (non-hydrogen) atoms. The molecule has 2 fully saturated rings. The molecule has 2 saturated heterocycles. The molecule has 0 radical (unpaired) electrons. The van der Waals surface area contributed by atoms with E-state index in [2.05, 4.69) is 4.90 Å². The molecule has 0 aliphatic carbocycles. The fourth-order valence-corrected chi connectivity index (χ4v) is 4.02. The molecular formula is C19H26F2N2O3. The lowest BCUT2D eigenvalue weighted by atomic mass is 9.95. The molecule has 2 atom stereocenters. The smallest absolute Gasteiger partial charge is 0.259 e. The molecular weight excluding hydrogens is 342 g/mol. The van der Waals surface area contributed by atoms with Crippen molar-refractivity contribution in [3.63, 3.8) is 0 Å². The molecule has 0 bridgehead atoms. The molecule has 7 heteroatoms. The van der Waals surface area contributed by atoms with Crippen LogP contribution in [0.25, 0.3) is 0 Å². The van der Waals surface area contributed by atoms with Gasteiger partial charge in [0.05, 0.1) is 7.11 Å². The van der Waals surface area contributed by atoms with Crippen molar-refractivity contribution < 1.29 is 23.4 Å². The summed E-state index contributed by atoms with van der Waals surface area (Å²) in [7, 11) is 1.31. The minimum atomic E-state index is -0.924. The standard InChI is InChI=1S/C19H26F2N2O3/c1-26-15-7-16(20)18(17(21)8-15)19(25)23-10-13(14(11-23)12-24)9-22-5-3-2-4-6-22/h7-8,13-14,24H,2-6,9-12H2,1H3/t13-,14-/m1/s1. The molecule has 2 aliphatic heterocycles. The second-order valence-electron chi connectivity index (χ2n) is 7.24. The molecule has 1 amide bonds. The van der Waals surface area contributed by atoms with Gasteiger partial charge in [-0.1, -0.05) is 6.42 Å². The Balaban J connectivity index is 1.72. The third-order valence-corrected chi connectivity index (χ3v) is 5.50. The van der Waals surface area contributed by atoms with Crippen LogP contribution in [0, 0.1) is 23.5 Å². The molecule has 144 valence electrons. The average molecular weight is 368 g/mol. The van der Waals surface area contributed by atoms with Crippen LogP contribution in [-0.4, -0.2) is 67.3 Å². The first-order chi connectivity index (χ1) is 12.5. The SMILES string of the molecule is COc1cc(F)c(C(=O)N2C[C@@H](CN3CCCCC3)[C@@H](CO)C2)c(F)c1. The molecule has 2 heterocycles. The van der Waals surface area contributed by atoms with E-state index < -0.39 is 23.1 Å². The maximum atomic E-state index is 14.2. The van der Waals surface area contributed by atoms with Crippen LogP contribution in [0.1, 0.15) is 29.6 Å². The number of carbonyl (C=O) groups excluding carboxylic acids is 1. The van der Waals surface area contributed by atoms with Crippen LogP contribution in [0.3, 0.4) is 0 Å². The predicted molar refractivity (Wildman–Crippen MR) is 93.2 cm³/mol. The van der Waals surface area contributed by atoms with Crippen molar-refractivity contribution in [3.8, 4) is 5.75 Å². The van der Waals surface area contributed by atoms with Gasteiger partial charge in [-0.2, -0.15) is 0 Å². The Morgan fingerprint density at radius 2 is 1.77 bits per heavy atom. The number of carbonyl (C=O) groups is 1. The van der Waals surface area contributed by atoms with Crippen LogP contribution in [0.5, 0.6) is 5.75 Å². The van der Waals surface area contributed by atoms with Crippen molar-refractivity contribution in [3.05, 3.63) is 29.3 Å². The first-order valence-corrected chi connectivity index (χ1v) is 9.19. The number of halogens is 2. The summed E-state index contributed by atoms with van der Waals surface area (Å²) in [6, 6.07) is 2.03. The van der Waals surface area contributed by atoms with Crippen molar-refractivity contribution in [2.45, 2.75) is 19.3 Å². The van der Waals surface area contributed by atoms with Crippen LogP contribution < -0.4 is 4.74 Å². The lowest BCUT2D eigenvalue weighted by Crippen LogP contribution is -2.37. The molecule has 0 spiro atoms. The second kappa shape index (κ2) is 8.31. The zero-order valence-corrected chi connectivity index (χ0v) is 15.1. The fourth-order valence-electron chi connectivity index (χ4n) is 4.02. The molecule has 1 N–H and O–H groups in total. The van der Waals surface area contributed by atoms with Crippen LogP contribution in [0.2, 0.25) is 0 Å². The van der Waals surface area contributed by atoms with Crippen LogP contribution in [-0.2, 0) is 0 Å². The lowest BCUT2D eigenvalue weighted by molar-refractivity contribution is 0.0768. The van der Waals surface area contributed by atoms with Gasteiger partial charge in [-0.05, 0) is 31.8 Å². The summed E-state index contributed by atoms with van der Waals surface area (Å²) >= 11 is 0. The molecule has 3 rings (SSSR count). The Morgan fingerprint density at radius 3 is 2.35 bits per heavy atom. The Kier molecular flexibility index (Phi) is 6.09. The highest BCUT2D eigenvalue weighted by atomic mass is 19.1. The Morgan fingerprint density at radius 1 is 1.15 bits per heavy atom. The van der Waals surface area contributed by atoms with Gasteiger partial charge in [0.2, 0.25) is 0 Å². The third kappa shape index (κ3) is 3.99. The summed E-state index contributed by atoms with van der Waals surface area (Å²) in [6.07, 6.45) is 3.58. The maximum absolute atomic E-state index is 14.2. The van der Waals surface area contributed by atoms with E-state index in [9.17, 15) is 18.7 Å². The number of benzene rings is 1. The van der Waals surface area contributed by atoms with Crippen LogP contribution >= 0.6 is 0 Å². The van der Waals surface area contributed by atoms with E-state index in [4.69, 9.17) is 4.74 Å². The Bertz CT molecular complexity index is 627. The van der Waals surface area contributed by atoms with E-state index in [0.717, 1.165) is 31.8 Å². The summed E-state index contributed by atoms with van der Waals surface area (Å²) in [5.41, 5.74) is -0.555. The van der Waals surface area contributed by atoms with Crippen LogP contribution in [0.4, 0.5) is 8.78 Å². The Labute approximate surface area is 152 Å². The highest BCUT2D eigenvalue weighted by Gasteiger charge is 2.37. The van der Waals surface area contributed by atoms with Gasteiger partial charge in [-0.3, -0.25) is 4.79 Å². The summed E-state index contributed by atoms with van der Waals surface area (Å²) in [6.45, 7) is 3.57. The maximum Gasteiger partial charge on any atom is 0.259 e. The van der Waals surface area contributed by atoms with Crippen molar-refractivity contribution in [1.82, 2.24) is 9.80 Å². The van der Waals surface area contributed by atoms with Crippen molar-refractivity contribution in [1.29, 1.82) is 0 Å². The first-order valence-electron chi connectivity index (χ1n) is 9.19. The molecule has 2 aliphatic rings. The van der Waals surface area contributed by atoms with Gasteiger partial charge in [0.25, 0.3) is 5.91 Å². The van der Waals surface area contributed by atoms with Gasteiger partial charge in [0, 0.05) is 44.3 Å². The highest BCUT2D eigenvalue weighted by molar-refractivity contribution is 5.95. The molecule has 5 nitrogen and oxygen atoms in total. The van der Waals surface area contributed by atoms with Crippen LogP contribution in [0.15, 0.2) is 12.1 Å². The van der Waals surface area contributed by atoms with Gasteiger partial charge in [-0.25, -0.2) is 8.78 Å². The van der Waals surface area contributed by atoms with Gasteiger partial charge in [0.15, 0.2) is 0 Å². The first kappa shape index (κ1) is 19.0. The quantitative estimate of drug-likeness (QED) is 0.865. The van der Waals surface area contributed by atoms with Crippen molar-refractivity contribution in [2.24, 2.45) is 11.8 Å². The predicted octanol–water partition coefficient (Wildman–Crippen LogP) is 2.14. The molecule has 1 aromatic carbocycles. The number of methoxy groups -OCH3 is 1. The van der Waals surface area contributed by atoms with Gasteiger partial charge < -0.3 is 19.6 Å². The molecule has 1 aromatic rings. The van der Waals surface area contributed by atoms with E-state index in [0.29, 0.717) is 13.1 Å². The Hall–Kier alpha value is -1.73. The molecule has 0 saturated carbocycles. The van der Waals surface area contributed by atoms with E-state index in [-0.39, 0.29) is 24.2 Å². The number of piperidine rings is 1. The van der Waals surface area contributed by atoms with E-state index in [1.165, 1.54) is 31.3 Å². The minimum absolute atomic E-state index is 0.0319. The van der Waals surface area contributed by atoms with Gasteiger partial charge >= 0.3 is 0 Å². The highest BCUT2D eigenvalue weighted by Crippen LogP contribution is 2.29. The number of likely N-dealkylation sites (tertiary alicyclic amines) is 2. The monoisotopic (exact) mass is 368 g/mol. The third-order valence-electron chi connectivity index (χ3n) is 5.50. The second-order valence-corrected chi connectivity index (χ2v) is 7.24. The molecule has 0 aromatic heterocycles. The van der Waals surface area contributed by atoms with Crippen molar-refractivity contribution in [2.75, 3.05) is 46.4 Å². The largest absolute Gasteiger partial charge is 0.497 e. The number of hydrogen-bond donors (Lipinski definition) is 1. The number of rotatable bonds is 5. The average Bonchev–Trinajstić information content (AvgIpc) is 3.04. The summed E-state index contributed by atoms with van der Waals surface area (Å²) in [5.74, 6) is -2.42.